The molecule has 0 amide bonds. The molecule has 0 aromatic rings. The van der Waals surface area contributed by atoms with Gasteiger partial charge in [0.25, 0.3) is 0 Å². The van der Waals surface area contributed by atoms with Crippen LogP contribution in [0.25, 0.3) is 0 Å². The maximum absolute atomic E-state index is 12.4. The molecule has 0 aromatic carbocycles. The van der Waals surface area contributed by atoms with Crippen LogP contribution in [0.4, 0.5) is 0 Å². The summed E-state index contributed by atoms with van der Waals surface area (Å²) in [5, 5.41) is 12.0. The lowest BCUT2D eigenvalue weighted by Gasteiger charge is -2.30. The fourth-order valence-corrected chi connectivity index (χ4v) is 4.49. The first kappa shape index (κ1) is 15.7. The van der Waals surface area contributed by atoms with Gasteiger partial charge in [-0.05, 0) is 38.6 Å². The Morgan fingerprint density at radius 3 is 2.55 bits per heavy atom. The van der Waals surface area contributed by atoms with E-state index in [4.69, 9.17) is 5.11 Å². The SMILES string of the molecule is O=C(O)CCCS(=O)(=O)N(CC1CCCCN1)C1CC1. The first-order valence-electron chi connectivity index (χ1n) is 7.44. The molecule has 7 heteroatoms. The molecule has 2 N–H and O–H groups in total. The smallest absolute Gasteiger partial charge is 0.303 e. The largest absolute Gasteiger partial charge is 0.481 e. The van der Waals surface area contributed by atoms with Gasteiger partial charge in [-0.25, -0.2) is 8.42 Å². The third-order valence-corrected chi connectivity index (χ3v) is 5.88. The average Bonchev–Trinajstić information content (AvgIpc) is 3.20. The molecule has 0 radical (unpaired) electrons. The van der Waals surface area contributed by atoms with Gasteiger partial charge in [0.1, 0.15) is 0 Å². The summed E-state index contributed by atoms with van der Waals surface area (Å²) in [6, 6.07) is 0.396. The molecule has 1 heterocycles. The minimum atomic E-state index is -3.32. The predicted molar refractivity (Wildman–Crippen MR) is 76.0 cm³/mol. The maximum atomic E-state index is 12.4. The molecule has 0 spiro atoms. The first-order valence-corrected chi connectivity index (χ1v) is 9.04. The van der Waals surface area contributed by atoms with Crippen LogP contribution in [0.2, 0.25) is 0 Å². The Morgan fingerprint density at radius 2 is 2.00 bits per heavy atom. The monoisotopic (exact) mass is 304 g/mol. The van der Waals surface area contributed by atoms with Crippen LogP contribution < -0.4 is 5.32 Å². The highest BCUT2D eigenvalue weighted by Gasteiger charge is 2.38. The van der Waals surface area contributed by atoms with E-state index in [1.807, 2.05) is 0 Å². The molecule has 20 heavy (non-hydrogen) atoms. The molecule has 1 aliphatic carbocycles. The van der Waals surface area contributed by atoms with Crippen molar-refractivity contribution in [3.05, 3.63) is 0 Å². The van der Waals surface area contributed by atoms with Gasteiger partial charge in [-0.2, -0.15) is 4.31 Å². The Labute approximate surface area is 120 Å². The molecule has 1 saturated carbocycles. The van der Waals surface area contributed by atoms with E-state index in [1.54, 1.807) is 4.31 Å². The molecule has 0 aromatic heterocycles. The summed E-state index contributed by atoms with van der Waals surface area (Å²) in [5.41, 5.74) is 0. The van der Waals surface area contributed by atoms with E-state index in [2.05, 4.69) is 5.32 Å². The van der Waals surface area contributed by atoms with Crippen LogP contribution in [0.15, 0.2) is 0 Å². The first-order chi connectivity index (χ1) is 9.49. The molecule has 1 aliphatic heterocycles. The van der Waals surface area contributed by atoms with E-state index >= 15 is 0 Å². The number of rotatable bonds is 8. The Hall–Kier alpha value is -0.660. The summed E-state index contributed by atoms with van der Waals surface area (Å²) in [5.74, 6) is -0.991. The quantitative estimate of drug-likeness (QED) is 0.692. The van der Waals surface area contributed by atoms with Crippen molar-refractivity contribution in [2.24, 2.45) is 0 Å². The van der Waals surface area contributed by atoms with Gasteiger partial charge < -0.3 is 10.4 Å². The van der Waals surface area contributed by atoms with E-state index < -0.39 is 16.0 Å². The Balaban J connectivity index is 1.90. The van der Waals surface area contributed by atoms with Crippen LogP contribution in [-0.4, -0.2) is 54.7 Å². The zero-order valence-corrected chi connectivity index (χ0v) is 12.6. The normalized spacial score (nSPS) is 23.9. The number of nitrogens with one attached hydrogen (secondary N) is 1. The van der Waals surface area contributed by atoms with Gasteiger partial charge in [-0.3, -0.25) is 4.79 Å². The van der Waals surface area contributed by atoms with Crippen molar-refractivity contribution < 1.29 is 18.3 Å². The fourth-order valence-electron chi connectivity index (χ4n) is 2.67. The number of nitrogens with zero attached hydrogens (tertiary/aromatic N) is 1. The standard InChI is InChI=1S/C13H24N2O4S/c16-13(17)5-3-9-20(18,19)15(12-6-7-12)10-11-4-1-2-8-14-11/h11-12,14H,1-10H2,(H,16,17). The van der Waals surface area contributed by atoms with Crippen LogP contribution >= 0.6 is 0 Å². The average molecular weight is 304 g/mol. The molecule has 1 saturated heterocycles. The molecule has 2 aliphatic rings. The second-order valence-electron chi connectivity index (χ2n) is 5.76. The number of hydrogen-bond acceptors (Lipinski definition) is 4. The predicted octanol–water partition coefficient (Wildman–Crippen LogP) is 0.787. The van der Waals surface area contributed by atoms with Gasteiger partial charge >= 0.3 is 5.97 Å². The minimum Gasteiger partial charge on any atom is -0.481 e. The number of carboxylic acid groups (broad SMARTS) is 1. The van der Waals surface area contributed by atoms with Crippen molar-refractivity contribution in [1.82, 2.24) is 9.62 Å². The highest BCUT2D eigenvalue weighted by atomic mass is 32.2. The van der Waals surface area contributed by atoms with Crippen LogP contribution in [0.1, 0.15) is 44.9 Å². The van der Waals surface area contributed by atoms with Crippen molar-refractivity contribution in [1.29, 1.82) is 0 Å². The summed E-state index contributed by atoms with van der Waals surface area (Å²) < 4.78 is 26.4. The van der Waals surface area contributed by atoms with Crippen LogP contribution in [0.3, 0.4) is 0 Å². The molecule has 0 bridgehead atoms. The molecular formula is C13H24N2O4S. The van der Waals surface area contributed by atoms with Gasteiger partial charge in [-0.1, -0.05) is 6.42 Å². The highest BCUT2D eigenvalue weighted by Crippen LogP contribution is 2.30. The summed E-state index contributed by atoms with van der Waals surface area (Å²) in [6.45, 7) is 1.50. The van der Waals surface area contributed by atoms with Crippen LogP contribution in [0.5, 0.6) is 0 Å². The third kappa shape index (κ3) is 4.71. The van der Waals surface area contributed by atoms with Crippen molar-refractivity contribution in [2.45, 2.75) is 57.0 Å². The van der Waals surface area contributed by atoms with Crippen molar-refractivity contribution in [2.75, 3.05) is 18.8 Å². The van der Waals surface area contributed by atoms with Crippen molar-refractivity contribution in [3.8, 4) is 0 Å². The number of sulfonamides is 1. The lowest BCUT2D eigenvalue weighted by Crippen LogP contribution is -2.47. The Morgan fingerprint density at radius 1 is 1.25 bits per heavy atom. The zero-order valence-electron chi connectivity index (χ0n) is 11.8. The van der Waals surface area contributed by atoms with Crippen molar-refractivity contribution in [3.63, 3.8) is 0 Å². The molecule has 1 atom stereocenters. The zero-order chi connectivity index (χ0) is 14.6. The fraction of sp³-hybridized carbons (Fsp3) is 0.923. The number of carboxylic acids is 1. The van der Waals surface area contributed by atoms with E-state index in [0.717, 1.165) is 38.6 Å². The molecule has 1 unspecified atom stereocenters. The Bertz CT molecular complexity index is 428. The molecule has 2 fully saturated rings. The number of carbonyl (C=O) groups is 1. The molecule has 2 rings (SSSR count). The topological polar surface area (TPSA) is 86.7 Å². The third-order valence-electron chi connectivity index (χ3n) is 3.92. The van der Waals surface area contributed by atoms with E-state index in [0.29, 0.717) is 6.54 Å². The van der Waals surface area contributed by atoms with E-state index in [9.17, 15) is 13.2 Å². The van der Waals surface area contributed by atoms with Crippen LogP contribution in [0, 0.1) is 0 Å². The molecule has 116 valence electrons. The lowest BCUT2D eigenvalue weighted by atomic mass is 10.1. The lowest BCUT2D eigenvalue weighted by molar-refractivity contribution is -0.137. The highest BCUT2D eigenvalue weighted by molar-refractivity contribution is 7.89. The van der Waals surface area contributed by atoms with Gasteiger partial charge in [0.2, 0.25) is 10.0 Å². The second-order valence-corrected chi connectivity index (χ2v) is 7.80. The summed E-state index contributed by atoms with van der Waals surface area (Å²) in [6.07, 6.45) is 5.31. The summed E-state index contributed by atoms with van der Waals surface area (Å²) in [4.78, 5) is 10.5. The Kier molecular flexibility index (Phi) is 5.40. The van der Waals surface area contributed by atoms with E-state index in [-0.39, 0.29) is 30.7 Å². The summed E-state index contributed by atoms with van der Waals surface area (Å²) >= 11 is 0. The van der Waals surface area contributed by atoms with Gasteiger partial charge in [0.05, 0.1) is 5.75 Å². The number of aliphatic carboxylic acids is 1. The molecular weight excluding hydrogens is 280 g/mol. The van der Waals surface area contributed by atoms with Gasteiger partial charge in [-0.15, -0.1) is 0 Å². The minimum absolute atomic E-state index is 0.0531. The van der Waals surface area contributed by atoms with Gasteiger partial charge in [0.15, 0.2) is 0 Å². The van der Waals surface area contributed by atoms with E-state index in [1.165, 1.54) is 0 Å². The number of piperidine rings is 1. The maximum Gasteiger partial charge on any atom is 0.303 e. The van der Waals surface area contributed by atoms with Crippen molar-refractivity contribution >= 4 is 16.0 Å². The van der Waals surface area contributed by atoms with Gasteiger partial charge in [0, 0.05) is 25.0 Å². The summed E-state index contributed by atoms with van der Waals surface area (Å²) in [7, 11) is -3.32. The molecule has 6 nitrogen and oxygen atoms in total. The van der Waals surface area contributed by atoms with Crippen LogP contribution in [-0.2, 0) is 14.8 Å². The number of hydrogen-bond donors (Lipinski definition) is 2. The second kappa shape index (κ2) is 6.87.